The van der Waals surface area contributed by atoms with Gasteiger partial charge in [-0.3, -0.25) is 4.79 Å². The molecule has 2 rings (SSSR count). The van der Waals surface area contributed by atoms with Crippen LogP contribution in [0.15, 0.2) is 53.0 Å². The van der Waals surface area contributed by atoms with Crippen molar-refractivity contribution in [1.82, 2.24) is 0 Å². The van der Waals surface area contributed by atoms with Gasteiger partial charge in [0.1, 0.15) is 0 Å². The van der Waals surface area contributed by atoms with Gasteiger partial charge in [-0.1, -0.05) is 40.2 Å². The highest BCUT2D eigenvalue weighted by molar-refractivity contribution is 9.10. The summed E-state index contributed by atoms with van der Waals surface area (Å²) in [5.41, 5.74) is -0.371. The molecule has 0 aliphatic heterocycles. The predicted octanol–water partition coefficient (Wildman–Crippen LogP) is 4.65. The van der Waals surface area contributed by atoms with Crippen LogP contribution in [-0.2, 0) is 17.4 Å². The molecule has 0 aromatic heterocycles. The SMILES string of the molecule is O=C(Cc1cccc(Br)c1)Nc1ccccc1C(F)(F)F. The summed E-state index contributed by atoms with van der Waals surface area (Å²) in [6.07, 6.45) is -4.49. The first-order chi connectivity index (χ1) is 9.86. The third kappa shape index (κ3) is 4.32. The molecule has 1 N–H and O–H groups in total. The van der Waals surface area contributed by atoms with Gasteiger partial charge in [0.2, 0.25) is 5.91 Å². The molecular formula is C15H11BrF3NO. The van der Waals surface area contributed by atoms with Crippen molar-refractivity contribution < 1.29 is 18.0 Å². The first-order valence-corrected chi connectivity index (χ1v) is 6.86. The van der Waals surface area contributed by atoms with Crippen molar-refractivity contribution in [2.75, 3.05) is 5.32 Å². The van der Waals surface area contributed by atoms with E-state index in [-0.39, 0.29) is 12.1 Å². The highest BCUT2D eigenvalue weighted by Crippen LogP contribution is 2.34. The normalized spacial score (nSPS) is 11.2. The molecule has 0 bridgehead atoms. The van der Waals surface area contributed by atoms with E-state index in [1.165, 1.54) is 18.2 Å². The van der Waals surface area contributed by atoms with Crippen molar-refractivity contribution in [2.24, 2.45) is 0 Å². The number of benzene rings is 2. The summed E-state index contributed by atoms with van der Waals surface area (Å²) >= 11 is 3.28. The van der Waals surface area contributed by atoms with Crippen LogP contribution in [0.4, 0.5) is 18.9 Å². The summed E-state index contributed by atoms with van der Waals surface area (Å²) in [7, 11) is 0. The third-order valence-electron chi connectivity index (χ3n) is 2.76. The number of carbonyl (C=O) groups is 1. The second-order valence-electron chi connectivity index (χ2n) is 4.40. The van der Waals surface area contributed by atoms with Gasteiger partial charge in [-0.25, -0.2) is 0 Å². The van der Waals surface area contributed by atoms with Gasteiger partial charge >= 0.3 is 6.18 Å². The van der Waals surface area contributed by atoms with Crippen molar-refractivity contribution in [3.05, 3.63) is 64.1 Å². The first-order valence-electron chi connectivity index (χ1n) is 6.07. The van der Waals surface area contributed by atoms with E-state index in [0.717, 1.165) is 10.5 Å². The summed E-state index contributed by atoms with van der Waals surface area (Å²) < 4.78 is 39.3. The standard InChI is InChI=1S/C15H11BrF3NO/c16-11-5-3-4-10(8-11)9-14(21)20-13-7-2-1-6-12(13)15(17,18)19/h1-8H,9H2,(H,20,21). The number of anilines is 1. The van der Waals surface area contributed by atoms with Crippen molar-refractivity contribution in [3.63, 3.8) is 0 Å². The molecule has 1 amide bonds. The van der Waals surface area contributed by atoms with E-state index in [1.807, 2.05) is 0 Å². The van der Waals surface area contributed by atoms with E-state index in [1.54, 1.807) is 24.3 Å². The average molecular weight is 358 g/mol. The summed E-state index contributed by atoms with van der Waals surface area (Å²) in [6, 6.07) is 12.0. The zero-order chi connectivity index (χ0) is 15.5. The molecule has 2 nitrogen and oxygen atoms in total. The Labute approximate surface area is 128 Å². The molecule has 0 saturated carbocycles. The maximum Gasteiger partial charge on any atom is 0.418 e. The van der Waals surface area contributed by atoms with Crippen LogP contribution < -0.4 is 5.32 Å². The average Bonchev–Trinajstić information content (AvgIpc) is 2.37. The number of hydrogen-bond donors (Lipinski definition) is 1. The number of rotatable bonds is 3. The largest absolute Gasteiger partial charge is 0.418 e. The fourth-order valence-corrected chi connectivity index (χ4v) is 2.31. The molecule has 0 unspecified atom stereocenters. The van der Waals surface area contributed by atoms with E-state index < -0.39 is 17.6 Å². The van der Waals surface area contributed by atoms with Crippen LogP contribution in [0.3, 0.4) is 0 Å². The molecule has 21 heavy (non-hydrogen) atoms. The predicted molar refractivity (Wildman–Crippen MR) is 77.9 cm³/mol. The van der Waals surface area contributed by atoms with Crippen LogP contribution in [0.5, 0.6) is 0 Å². The van der Waals surface area contributed by atoms with E-state index in [4.69, 9.17) is 0 Å². The van der Waals surface area contributed by atoms with E-state index in [0.29, 0.717) is 5.56 Å². The maximum absolute atomic E-state index is 12.8. The van der Waals surface area contributed by atoms with Crippen LogP contribution in [0.25, 0.3) is 0 Å². The minimum Gasteiger partial charge on any atom is -0.325 e. The Morgan fingerprint density at radius 3 is 2.48 bits per heavy atom. The minimum atomic E-state index is -4.50. The van der Waals surface area contributed by atoms with Gasteiger partial charge in [-0.2, -0.15) is 13.2 Å². The van der Waals surface area contributed by atoms with Gasteiger partial charge in [0.05, 0.1) is 17.7 Å². The van der Waals surface area contributed by atoms with Crippen LogP contribution >= 0.6 is 15.9 Å². The molecule has 0 atom stereocenters. The van der Waals surface area contributed by atoms with Gasteiger partial charge in [0, 0.05) is 4.47 Å². The molecule has 0 radical (unpaired) electrons. The van der Waals surface area contributed by atoms with E-state index >= 15 is 0 Å². The lowest BCUT2D eigenvalue weighted by Gasteiger charge is -2.13. The molecule has 6 heteroatoms. The molecule has 0 aliphatic rings. The summed E-state index contributed by atoms with van der Waals surface area (Å²) in [5, 5.41) is 2.31. The Hall–Kier alpha value is -1.82. The Bertz CT molecular complexity index is 655. The third-order valence-corrected chi connectivity index (χ3v) is 3.25. The molecule has 2 aromatic carbocycles. The maximum atomic E-state index is 12.8. The lowest BCUT2D eigenvalue weighted by Crippen LogP contribution is -2.18. The van der Waals surface area contributed by atoms with Crippen LogP contribution in [0, 0.1) is 0 Å². The highest BCUT2D eigenvalue weighted by Gasteiger charge is 2.33. The van der Waals surface area contributed by atoms with Crippen molar-refractivity contribution in [2.45, 2.75) is 12.6 Å². The van der Waals surface area contributed by atoms with E-state index in [2.05, 4.69) is 21.2 Å². The number of nitrogens with one attached hydrogen (secondary N) is 1. The fraction of sp³-hybridized carbons (Fsp3) is 0.133. The molecule has 0 spiro atoms. The van der Waals surface area contributed by atoms with E-state index in [9.17, 15) is 18.0 Å². The summed E-state index contributed by atoms with van der Waals surface area (Å²) in [5.74, 6) is -0.496. The topological polar surface area (TPSA) is 29.1 Å². The zero-order valence-corrected chi connectivity index (χ0v) is 12.3. The van der Waals surface area contributed by atoms with Gasteiger partial charge in [0.25, 0.3) is 0 Å². The lowest BCUT2D eigenvalue weighted by atomic mass is 10.1. The molecule has 0 aliphatic carbocycles. The smallest absolute Gasteiger partial charge is 0.325 e. The number of alkyl halides is 3. The minimum absolute atomic E-state index is 0.00559. The molecule has 110 valence electrons. The summed E-state index contributed by atoms with van der Waals surface area (Å²) in [4.78, 5) is 11.9. The number of amides is 1. The Kier molecular flexibility index (Phi) is 4.67. The first kappa shape index (κ1) is 15.6. The fourth-order valence-electron chi connectivity index (χ4n) is 1.87. The number of hydrogen-bond acceptors (Lipinski definition) is 1. The van der Waals surface area contributed by atoms with Gasteiger partial charge in [-0.15, -0.1) is 0 Å². The van der Waals surface area contributed by atoms with Crippen LogP contribution in [0.1, 0.15) is 11.1 Å². The molecule has 0 saturated heterocycles. The lowest BCUT2D eigenvalue weighted by molar-refractivity contribution is -0.137. The molecular weight excluding hydrogens is 347 g/mol. The van der Waals surface area contributed by atoms with Crippen LogP contribution in [-0.4, -0.2) is 5.91 Å². The van der Waals surface area contributed by atoms with Gasteiger partial charge < -0.3 is 5.32 Å². The monoisotopic (exact) mass is 357 g/mol. The number of halogens is 4. The second-order valence-corrected chi connectivity index (χ2v) is 5.31. The molecule has 2 aromatic rings. The van der Waals surface area contributed by atoms with Gasteiger partial charge in [-0.05, 0) is 29.8 Å². The Morgan fingerprint density at radius 1 is 1.10 bits per heavy atom. The van der Waals surface area contributed by atoms with Gasteiger partial charge in [0.15, 0.2) is 0 Å². The van der Waals surface area contributed by atoms with Crippen molar-refractivity contribution >= 4 is 27.5 Å². The Morgan fingerprint density at radius 2 is 1.81 bits per heavy atom. The molecule has 0 fully saturated rings. The Balaban J connectivity index is 2.14. The number of para-hydroxylation sites is 1. The summed E-state index contributed by atoms with van der Waals surface area (Å²) in [6.45, 7) is 0. The zero-order valence-electron chi connectivity index (χ0n) is 10.7. The second kappa shape index (κ2) is 6.30. The molecule has 0 heterocycles. The van der Waals surface area contributed by atoms with Crippen molar-refractivity contribution in [3.8, 4) is 0 Å². The number of carbonyl (C=O) groups excluding carboxylic acids is 1. The quantitative estimate of drug-likeness (QED) is 0.850. The van der Waals surface area contributed by atoms with Crippen LogP contribution in [0.2, 0.25) is 0 Å². The highest BCUT2D eigenvalue weighted by atomic mass is 79.9. The van der Waals surface area contributed by atoms with Crippen molar-refractivity contribution in [1.29, 1.82) is 0 Å².